The average Bonchev–Trinajstić information content (AvgIpc) is 2.61. The SMILES string of the molecule is COc1ccc(CCNc2ccc(S(=O)(=O)C(F)(F)F)cc2[N+](=O)[O-])cc1. The van der Waals surface area contributed by atoms with Crippen molar-refractivity contribution in [3.63, 3.8) is 0 Å². The molecule has 0 amide bonds. The molecule has 0 radical (unpaired) electrons. The number of nitrogens with zero attached hydrogens (tertiary/aromatic N) is 1. The van der Waals surface area contributed by atoms with Crippen molar-refractivity contribution in [1.82, 2.24) is 0 Å². The molecule has 0 aliphatic heterocycles. The van der Waals surface area contributed by atoms with E-state index in [0.29, 0.717) is 24.3 Å². The highest BCUT2D eigenvalue weighted by Crippen LogP contribution is 2.34. The second-order valence-corrected chi connectivity index (χ2v) is 7.35. The van der Waals surface area contributed by atoms with Crippen LogP contribution in [0.1, 0.15) is 5.56 Å². The summed E-state index contributed by atoms with van der Waals surface area (Å²) in [6.07, 6.45) is 0.476. The second kappa shape index (κ2) is 7.82. The monoisotopic (exact) mass is 404 g/mol. The number of nitro benzene ring substituents is 1. The highest BCUT2D eigenvalue weighted by molar-refractivity contribution is 7.92. The van der Waals surface area contributed by atoms with Crippen LogP contribution in [0.3, 0.4) is 0 Å². The molecule has 0 fully saturated rings. The molecule has 0 aliphatic carbocycles. The normalized spacial score (nSPS) is 11.9. The third-order valence-corrected chi connectivity index (χ3v) is 5.15. The number of methoxy groups -OCH3 is 1. The van der Waals surface area contributed by atoms with E-state index in [1.165, 1.54) is 7.11 Å². The fourth-order valence-electron chi connectivity index (χ4n) is 2.25. The molecule has 11 heteroatoms. The van der Waals surface area contributed by atoms with Gasteiger partial charge in [0.2, 0.25) is 0 Å². The van der Waals surface area contributed by atoms with Gasteiger partial charge in [-0.3, -0.25) is 10.1 Å². The molecule has 0 bridgehead atoms. The van der Waals surface area contributed by atoms with Crippen molar-refractivity contribution in [1.29, 1.82) is 0 Å². The minimum absolute atomic E-state index is 0.0744. The van der Waals surface area contributed by atoms with Gasteiger partial charge < -0.3 is 10.1 Å². The Morgan fingerprint density at radius 3 is 2.30 bits per heavy atom. The minimum Gasteiger partial charge on any atom is -0.497 e. The molecule has 146 valence electrons. The summed E-state index contributed by atoms with van der Waals surface area (Å²) in [5.74, 6) is 0.670. The Kier molecular flexibility index (Phi) is 5.94. The molecule has 0 aliphatic rings. The molecule has 0 spiro atoms. The van der Waals surface area contributed by atoms with Gasteiger partial charge in [0.05, 0.1) is 16.9 Å². The number of ether oxygens (including phenoxy) is 1. The largest absolute Gasteiger partial charge is 0.501 e. The second-order valence-electron chi connectivity index (χ2n) is 5.41. The molecule has 0 aromatic heterocycles. The Bertz CT molecular complexity index is 928. The molecule has 2 aromatic carbocycles. The summed E-state index contributed by atoms with van der Waals surface area (Å²) in [5, 5.41) is 13.9. The molecule has 0 saturated carbocycles. The molecule has 2 aromatic rings. The molecule has 0 unspecified atom stereocenters. The van der Waals surface area contributed by atoms with Crippen LogP contribution in [-0.2, 0) is 16.3 Å². The Balaban J connectivity index is 2.18. The fourth-order valence-corrected chi connectivity index (χ4v) is 3.03. The maximum Gasteiger partial charge on any atom is 0.501 e. The van der Waals surface area contributed by atoms with Crippen molar-refractivity contribution in [3.8, 4) is 5.75 Å². The number of nitro groups is 1. The zero-order valence-corrected chi connectivity index (χ0v) is 14.8. The summed E-state index contributed by atoms with van der Waals surface area (Å²) < 4.78 is 65.7. The molecule has 0 saturated heterocycles. The van der Waals surface area contributed by atoms with Gasteiger partial charge in [0.15, 0.2) is 0 Å². The van der Waals surface area contributed by atoms with Crippen molar-refractivity contribution >= 4 is 21.2 Å². The van der Waals surface area contributed by atoms with Crippen LogP contribution in [-0.4, -0.2) is 32.5 Å². The number of sulfone groups is 1. The van der Waals surface area contributed by atoms with Crippen LogP contribution in [0.25, 0.3) is 0 Å². The van der Waals surface area contributed by atoms with Crippen LogP contribution in [0.4, 0.5) is 24.5 Å². The number of hydrogen-bond acceptors (Lipinski definition) is 6. The van der Waals surface area contributed by atoms with Gasteiger partial charge >= 0.3 is 5.51 Å². The number of nitrogens with one attached hydrogen (secondary N) is 1. The summed E-state index contributed by atoms with van der Waals surface area (Å²) in [7, 11) is -4.14. The highest BCUT2D eigenvalue weighted by atomic mass is 32.2. The first kappa shape index (κ1) is 20.5. The van der Waals surface area contributed by atoms with Gasteiger partial charge in [0.25, 0.3) is 15.5 Å². The molecule has 0 atom stereocenters. The summed E-state index contributed by atoms with van der Waals surface area (Å²) in [4.78, 5) is 9.01. The summed E-state index contributed by atoms with van der Waals surface area (Å²) in [6, 6.07) is 9.12. The van der Waals surface area contributed by atoms with E-state index in [-0.39, 0.29) is 12.2 Å². The van der Waals surface area contributed by atoms with Gasteiger partial charge in [-0.1, -0.05) is 12.1 Å². The average molecular weight is 404 g/mol. The lowest BCUT2D eigenvalue weighted by Crippen LogP contribution is -2.23. The molecule has 27 heavy (non-hydrogen) atoms. The molecular weight excluding hydrogens is 389 g/mol. The van der Waals surface area contributed by atoms with Crippen molar-refractivity contribution in [2.45, 2.75) is 16.8 Å². The molecule has 0 heterocycles. The van der Waals surface area contributed by atoms with Crippen molar-refractivity contribution in [2.24, 2.45) is 0 Å². The van der Waals surface area contributed by atoms with Crippen LogP contribution in [0.5, 0.6) is 5.75 Å². The van der Waals surface area contributed by atoms with E-state index in [2.05, 4.69) is 5.32 Å². The molecular formula is C16H15F3N2O5S. The first-order chi connectivity index (χ1) is 12.6. The number of alkyl halides is 3. The Hall–Kier alpha value is -2.82. The van der Waals surface area contributed by atoms with E-state index < -0.39 is 30.9 Å². The predicted molar refractivity (Wildman–Crippen MR) is 91.5 cm³/mol. The summed E-state index contributed by atoms with van der Waals surface area (Å²) >= 11 is 0. The third-order valence-electron chi connectivity index (χ3n) is 3.67. The van der Waals surface area contributed by atoms with Gasteiger partial charge in [0, 0.05) is 12.6 Å². The lowest BCUT2D eigenvalue weighted by molar-refractivity contribution is -0.384. The van der Waals surface area contributed by atoms with Gasteiger partial charge in [0.1, 0.15) is 11.4 Å². The summed E-state index contributed by atoms with van der Waals surface area (Å²) in [6.45, 7) is 0.249. The number of benzene rings is 2. The van der Waals surface area contributed by atoms with E-state index in [1.807, 2.05) is 0 Å². The third kappa shape index (κ3) is 4.67. The van der Waals surface area contributed by atoms with E-state index in [4.69, 9.17) is 4.74 Å². The van der Waals surface area contributed by atoms with Crippen LogP contribution in [0, 0.1) is 10.1 Å². The lowest BCUT2D eigenvalue weighted by Gasteiger charge is -2.11. The maximum atomic E-state index is 12.6. The topological polar surface area (TPSA) is 98.5 Å². The fraction of sp³-hybridized carbons (Fsp3) is 0.250. The van der Waals surface area contributed by atoms with Gasteiger partial charge in [-0.25, -0.2) is 8.42 Å². The zero-order valence-electron chi connectivity index (χ0n) is 14.0. The first-order valence-electron chi connectivity index (χ1n) is 7.53. The number of rotatable bonds is 7. The number of halogens is 3. The van der Waals surface area contributed by atoms with Gasteiger partial charge in [-0.15, -0.1) is 0 Å². The van der Waals surface area contributed by atoms with Crippen LogP contribution in [0.15, 0.2) is 47.4 Å². The number of hydrogen-bond donors (Lipinski definition) is 1. The van der Waals surface area contributed by atoms with Gasteiger partial charge in [-0.2, -0.15) is 13.2 Å². The van der Waals surface area contributed by atoms with Crippen LogP contribution >= 0.6 is 0 Å². The van der Waals surface area contributed by atoms with E-state index in [9.17, 15) is 31.7 Å². The number of anilines is 1. The Morgan fingerprint density at radius 2 is 1.78 bits per heavy atom. The first-order valence-corrected chi connectivity index (χ1v) is 9.01. The quantitative estimate of drug-likeness (QED) is 0.560. The van der Waals surface area contributed by atoms with E-state index >= 15 is 0 Å². The molecule has 1 N–H and O–H groups in total. The van der Waals surface area contributed by atoms with E-state index in [0.717, 1.165) is 11.6 Å². The highest BCUT2D eigenvalue weighted by Gasteiger charge is 2.47. The zero-order chi connectivity index (χ0) is 20.2. The van der Waals surface area contributed by atoms with Crippen LogP contribution in [0.2, 0.25) is 0 Å². The van der Waals surface area contributed by atoms with E-state index in [1.54, 1.807) is 24.3 Å². The summed E-state index contributed by atoms with van der Waals surface area (Å²) in [5.41, 5.74) is -5.46. The van der Waals surface area contributed by atoms with Crippen molar-refractivity contribution < 1.29 is 31.2 Å². The van der Waals surface area contributed by atoms with Gasteiger partial charge in [-0.05, 0) is 36.2 Å². The lowest BCUT2D eigenvalue weighted by atomic mass is 10.1. The Labute approximate surface area is 152 Å². The molecule has 2 rings (SSSR count). The smallest absolute Gasteiger partial charge is 0.497 e. The molecule has 7 nitrogen and oxygen atoms in total. The maximum absolute atomic E-state index is 12.6. The standard InChI is InChI=1S/C16H15F3N2O5S/c1-26-12-4-2-11(3-5-12)8-9-20-14-7-6-13(10-15(14)21(22)23)27(24,25)16(17,18)19/h2-7,10,20H,8-9H2,1H3. The minimum atomic E-state index is -5.66. The van der Waals surface area contributed by atoms with Crippen molar-refractivity contribution in [2.75, 3.05) is 19.0 Å². The van der Waals surface area contributed by atoms with Crippen molar-refractivity contribution in [3.05, 3.63) is 58.1 Å². The Morgan fingerprint density at radius 1 is 1.15 bits per heavy atom. The predicted octanol–water partition coefficient (Wildman–Crippen LogP) is 3.55. The van der Waals surface area contributed by atoms with Crippen LogP contribution < -0.4 is 10.1 Å².